The van der Waals surface area contributed by atoms with Crippen LogP contribution < -0.4 is 11.3 Å². The molecule has 0 aliphatic rings. The molecule has 2 aromatic rings. The van der Waals surface area contributed by atoms with E-state index < -0.39 is 0 Å². The summed E-state index contributed by atoms with van der Waals surface area (Å²) < 4.78 is 14.7. The summed E-state index contributed by atoms with van der Waals surface area (Å²) in [5.41, 5.74) is 4.25. The SMILES string of the molecule is Cn1cc(CC(NN)c2cccc(F)c2)nn1. The zero-order chi connectivity index (χ0) is 12.3. The van der Waals surface area contributed by atoms with Crippen molar-refractivity contribution in [2.24, 2.45) is 12.9 Å². The van der Waals surface area contributed by atoms with Crippen molar-refractivity contribution in [3.63, 3.8) is 0 Å². The van der Waals surface area contributed by atoms with Crippen molar-refractivity contribution in [2.75, 3.05) is 0 Å². The van der Waals surface area contributed by atoms with Gasteiger partial charge in [0.1, 0.15) is 5.82 Å². The first-order chi connectivity index (χ1) is 8.19. The normalized spacial score (nSPS) is 12.6. The summed E-state index contributed by atoms with van der Waals surface area (Å²) in [5, 5.41) is 7.81. The molecule has 3 N–H and O–H groups in total. The van der Waals surface area contributed by atoms with Gasteiger partial charge in [-0.1, -0.05) is 17.3 Å². The Morgan fingerprint density at radius 1 is 1.53 bits per heavy atom. The van der Waals surface area contributed by atoms with Gasteiger partial charge >= 0.3 is 0 Å². The highest BCUT2D eigenvalue weighted by molar-refractivity contribution is 5.21. The van der Waals surface area contributed by atoms with Crippen LogP contribution >= 0.6 is 0 Å². The van der Waals surface area contributed by atoms with Gasteiger partial charge in [0.25, 0.3) is 0 Å². The van der Waals surface area contributed by atoms with E-state index in [4.69, 9.17) is 5.84 Å². The number of nitrogens with one attached hydrogen (secondary N) is 1. The highest BCUT2D eigenvalue weighted by Gasteiger charge is 2.13. The van der Waals surface area contributed by atoms with Crippen molar-refractivity contribution in [1.29, 1.82) is 0 Å². The fourth-order valence-electron chi connectivity index (χ4n) is 1.69. The van der Waals surface area contributed by atoms with Gasteiger partial charge in [-0.2, -0.15) is 0 Å². The monoisotopic (exact) mass is 235 g/mol. The molecule has 0 bridgehead atoms. The van der Waals surface area contributed by atoms with Crippen LogP contribution in [0.5, 0.6) is 0 Å². The first kappa shape index (κ1) is 11.7. The van der Waals surface area contributed by atoms with Crippen molar-refractivity contribution in [3.8, 4) is 0 Å². The van der Waals surface area contributed by atoms with Crippen molar-refractivity contribution in [1.82, 2.24) is 20.4 Å². The number of rotatable bonds is 4. The minimum Gasteiger partial charge on any atom is -0.271 e. The molecule has 0 fully saturated rings. The van der Waals surface area contributed by atoms with Crippen LogP contribution in [0.4, 0.5) is 4.39 Å². The third-order valence-electron chi connectivity index (χ3n) is 2.52. The first-order valence-corrected chi connectivity index (χ1v) is 5.26. The molecule has 0 aliphatic heterocycles. The van der Waals surface area contributed by atoms with Gasteiger partial charge in [0.15, 0.2) is 0 Å². The molecule has 1 aromatic carbocycles. The van der Waals surface area contributed by atoms with Crippen LogP contribution in [0.15, 0.2) is 30.5 Å². The van der Waals surface area contributed by atoms with Gasteiger partial charge in [0.05, 0.1) is 11.7 Å². The zero-order valence-electron chi connectivity index (χ0n) is 9.47. The second-order valence-electron chi connectivity index (χ2n) is 3.86. The molecule has 1 heterocycles. The highest BCUT2D eigenvalue weighted by atomic mass is 19.1. The third kappa shape index (κ3) is 2.86. The molecule has 17 heavy (non-hydrogen) atoms. The summed E-state index contributed by atoms with van der Waals surface area (Å²) in [5.74, 6) is 5.21. The van der Waals surface area contributed by atoms with E-state index in [-0.39, 0.29) is 11.9 Å². The number of nitrogens with zero attached hydrogens (tertiary/aromatic N) is 3. The first-order valence-electron chi connectivity index (χ1n) is 5.26. The van der Waals surface area contributed by atoms with Crippen molar-refractivity contribution in [3.05, 3.63) is 47.5 Å². The summed E-state index contributed by atoms with van der Waals surface area (Å²) in [6, 6.07) is 6.16. The topological polar surface area (TPSA) is 68.8 Å². The molecule has 1 unspecified atom stereocenters. The Morgan fingerprint density at radius 3 is 2.94 bits per heavy atom. The molecular formula is C11H14FN5. The van der Waals surface area contributed by atoms with Gasteiger partial charge in [-0.15, -0.1) is 5.10 Å². The average Bonchev–Trinajstić information content (AvgIpc) is 2.72. The predicted octanol–water partition coefficient (Wildman–Crippen LogP) is 0.701. The molecule has 0 amide bonds. The molecule has 0 saturated carbocycles. The number of hydrazine groups is 1. The lowest BCUT2D eigenvalue weighted by molar-refractivity contribution is 0.538. The van der Waals surface area contributed by atoms with E-state index in [9.17, 15) is 4.39 Å². The number of aromatic nitrogens is 3. The molecular weight excluding hydrogens is 221 g/mol. The van der Waals surface area contributed by atoms with Crippen LogP contribution in [0.25, 0.3) is 0 Å². The molecule has 0 saturated heterocycles. The van der Waals surface area contributed by atoms with E-state index in [2.05, 4.69) is 15.7 Å². The lowest BCUT2D eigenvalue weighted by Gasteiger charge is -2.14. The Kier molecular flexibility index (Phi) is 3.46. The molecule has 2 rings (SSSR count). The largest absolute Gasteiger partial charge is 0.271 e. The Morgan fingerprint density at radius 2 is 2.35 bits per heavy atom. The Bertz CT molecular complexity index is 496. The standard InChI is InChI=1S/C11H14FN5/c1-17-7-10(15-16-17)6-11(14-13)8-3-2-4-9(12)5-8/h2-5,7,11,14H,6,13H2,1H3. The van der Waals surface area contributed by atoms with Crippen LogP contribution in [-0.2, 0) is 13.5 Å². The van der Waals surface area contributed by atoms with Gasteiger partial charge < -0.3 is 0 Å². The molecule has 0 radical (unpaired) electrons. The lowest BCUT2D eigenvalue weighted by Crippen LogP contribution is -2.29. The third-order valence-corrected chi connectivity index (χ3v) is 2.52. The van der Waals surface area contributed by atoms with Crippen molar-refractivity contribution in [2.45, 2.75) is 12.5 Å². The Hall–Kier alpha value is -1.79. The second-order valence-corrected chi connectivity index (χ2v) is 3.86. The molecule has 0 spiro atoms. The minimum absolute atomic E-state index is 0.178. The van der Waals surface area contributed by atoms with Gasteiger partial charge in [-0.25, -0.2) is 4.39 Å². The molecule has 6 heteroatoms. The smallest absolute Gasteiger partial charge is 0.123 e. The summed E-state index contributed by atoms with van der Waals surface area (Å²) in [6.07, 6.45) is 2.37. The summed E-state index contributed by atoms with van der Waals surface area (Å²) in [4.78, 5) is 0. The van der Waals surface area contributed by atoms with Crippen molar-refractivity contribution >= 4 is 0 Å². The van der Waals surface area contributed by atoms with Gasteiger partial charge in [-0.3, -0.25) is 16.0 Å². The average molecular weight is 235 g/mol. The fraction of sp³-hybridized carbons (Fsp3) is 0.273. The van der Waals surface area contributed by atoms with E-state index >= 15 is 0 Å². The van der Waals surface area contributed by atoms with Gasteiger partial charge in [0, 0.05) is 19.7 Å². The highest BCUT2D eigenvalue weighted by Crippen LogP contribution is 2.17. The predicted molar refractivity (Wildman–Crippen MR) is 61.2 cm³/mol. The van der Waals surface area contributed by atoms with Crippen LogP contribution in [-0.4, -0.2) is 15.0 Å². The number of nitrogens with two attached hydrogens (primary N) is 1. The lowest BCUT2D eigenvalue weighted by atomic mass is 10.0. The maximum Gasteiger partial charge on any atom is 0.123 e. The maximum absolute atomic E-state index is 13.1. The van der Waals surface area contributed by atoms with Crippen LogP contribution in [0.2, 0.25) is 0 Å². The number of halogens is 1. The van der Waals surface area contributed by atoms with E-state index in [0.29, 0.717) is 6.42 Å². The molecule has 0 aliphatic carbocycles. The number of hydrogen-bond acceptors (Lipinski definition) is 4. The molecule has 1 atom stereocenters. The van der Waals surface area contributed by atoms with Gasteiger partial charge in [0.2, 0.25) is 0 Å². The van der Waals surface area contributed by atoms with Gasteiger partial charge in [-0.05, 0) is 17.7 Å². The minimum atomic E-state index is -0.276. The van der Waals surface area contributed by atoms with Crippen LogP contribution in [0.1, 0.15) is 17.3 Å². The second kappa shape index (κ2) is 5.03. The van der Waals surface area contributed by atoms with Crippen LogP contribution in [0, 0.1) is 5.82 Å². The van der Waals surface area contributed by atoms with E-state index in [1.807, 2.05) is 12.3 Å². The summed E-state index contributed by atoms with van der Waals surface area (Å²) in [6.45, 7) is 0. The summed E-state index contributed by atoms with van der Waals surface area (Å²) >= 11 is 0. The number of benzene rings is 1. The van der Waals surface area contributed by atoms with Crippen molar-refractivity contribution < 1.29 is 4.39 Å². The van der Waals surface area contributed by atoms with E-state index in [1.54, 1.807) is 17.8 Å². The Labute approximate surface area is 98.4 Å². The summed E-state index contributed by atoms with van der Waals surface area (Å²) in [7, 11) is 1.80. The molecule has 5 nitrogen and oxygen atoms in total. The number of hydrogen-bond donors (Lipinski definition) is 2. The number of aryl methyl sites for hydroxylation is 1. The molecule has 1 aromatic heterocycles. The van der Waals surface area contributed by atoms with E-state index in [1.165, 1.54) is 12.1 Å². The zero-order valence-corrected chi connectivity index (χ0v) is 9.47. The van der Waals surface area contributed by atoms with E-state index in [0.717, 1.165) is 11.3 Å². The molecule has 90 valence electrons. The Balaban J connectivity index is 2.16. The fourth-order valence-corrected chi connectivity index (χ4v) is 1.69. The maximum atomic E-state index is 13.1. The quantitative estimate of drug-likeness (QED) is 0.604. The van der Waals surface area contributed by atoms with Crippen LogP contribution in [0.3, 0.4) is 0 Å².